The van der Waals surface area contributed by atoms with Crippen LogP contribution in [-0.4, -0.2) is 49.5 Å². The lowest BCUT2D eigenvalue weighted by atomic mass is 10.0. The van der Waals surface area contributed by atoms with Crippen LogP contribution in [0.2, 0.25) is 0 Å². The molecule has 1 fully saturated rings. The normalized spacial score (nSPS) is 20.0. The van der Waals surface area contributed by atoms with Gasteiger partial charge >= 0.3 is 6.18 Å². The molecule has 2 rings (SSSR count). The second-order valence-corrected chi connectivity index (χ2v) is 7.71. The predicted octanol–water partition coefficient (Wildman–Crippen LogP) is 1.50. The van der Waals surface area contributed by atoms with Gasteiger partial charge in [-0.2, -0.15) is 30.6 Å². The Morgan fingerprint density at radius 2 is 2.12 bits per heavy atom. The van der Waals surface area contributed by atoms with E-state index in [0.29, 0.717) is 26.1 Å². The first-order chi connectivity index (χ1) is 11.6. The minimum Gasteiger partial charge on any atom is -0.384 e. The van der Waals surface area contributed by atoms with Gasteiger partial charge in [-0.1, -0.05) is 0 Å². The zero-order valence-corrected chi connectivity index (χ0v) is 14.8. The molecule has 1 saturated heterocycles. The van der Waals surface area contributed by atoms with Gasteiger partial charge in [0.15, 0.2) is 0 Å². The van der Waals surface area contributed by atoms with Crippen molar-refractivity contribution in [3.63, 3.8) is 0 Å². The van der Waals surface area contributed by atoms with Crippen LogP contribution in [0.3, 0.4) is 0 Å². The molecule has 0 bridgehead atoms. The van der Waals surface area contributed by atoms with Crippen LogP contribution >= 0.6 is 0 Å². The van der Waals surface area contributed by atoms with Crippen molar-refractivity contribution in [3.05, 3.63) is 23.3 Å². The molecule has 1 atom stereocenters. The fourth-order valence-electron chi connectivity index (χ4n) is 2.72. The lowest BCUT2D eigenvalue weighted by molar-refractivity contribution is -0.141. The van der Waals surface area contributed by atoms with Crippen molar-refractivity contribution in [2.24, 2.45) is 5.92 Å². The smallest absolute Gasteiger partial charge is 0.384 e. The number of piperidine rings is 1. The van der Waals surface area contributed by atoms with Gasteiger partial charge in [0, 0.05) is 25.9 Å². The highest BCUT2D eigenvalue weighted by molar-refractivity contribution is 7.87. The number of methoxy groups -OCH3 is 1. The lowest BCUT2D eigenvalue weighted by Gasteiger charge is -2.31. The summed E-state index contributed by atoms with van der Waals surface area (Å²) in [5.74, 6) is -0.122. The summed E-state index contributed by atoms with van der Waals surface area (Å²) in [7, 11) is -2.27. The summed E-state index contributed by atoms with van der Waals surface area (Å²) in [4.78, 5) is 7.26. The quantitative estimate of drug-likeness (QED) is 0.806. The van der Waals surface area contributed by atoms with Gasteiger partial charge in [-0.25, -0.2) is 9.97 Å². The van der Waals surface area contributed by atoms with Crippen LogP contribution in [0, 0.1) is 12.8 Å². The average Bonchev–Trinajstić information content (AvgIpc) is 2.52. The van der Waals surface area contributed by atoms with Gasteiger partial charge in [0.1, 0.15) is 11.5 Å². The fraction of sp³-hybridized carbons (Fsp3) is 0.714. The maximum atomic E-state index is 12.8. The average molecular weight is 382 g/mol. The summed E-state index contributed by atoms with van der Waals surface area (Å²) >= 11 is 0. The molecule has 7 nitrogen and oxygen atoms in total. The van der Waals surface area contributed by atoms with Gasteiger partial charge < -0.3 is 4.74 Å². The van der Waals surface area contributed by atoms with E-state index in [1.807, 2.05) is 0 Å². The number of aromatic nitrogens is 2. The van der Waals surface area contributed by atoms with Crippen LogP contribution < -0.4 is 4.72 Å². The van der Waals surface area contributed by atoms with E-state index in [0.717, 1.165) is 12.5 Å². The second-order valence-electron chi connectivity index (χ2n) is 5.96. The summed E-state index contributed by atoms with van der Waals surface area (Å²) in [6.45, 7) is 2.12. The molecule has 1 aliphatic rings. The first kappa shape index (κ1) is 20.0. The molecular weight excluding hydrogens is 361 g/mol. The van der Waals surface area contributed by atoms with Gasteiger partial charge in [-0.15, -0.1) is 0 Å². The molecule has 25 heavy (non-hydrogen) atoms. The number of hydrogen-bond acceptors (Lipinski definition) is 5. The lowest BCUT2D eigenvalue weighted by Crippen LogP contribution is -2.46. The van der Waals surface area contributed by atoms with Gasteiger partial charge in [0.2, 0.25) is 0 Å². The van der Waals surface area contributed by atoms with E-state index in [9.17, 15) is 21.6 Å². The standard InChI is InChI=1S/C14H21F3N4O3S/c1-10-6-12(14(15,16)17)20-13(19-10)7-18-25(22,23)21-5-3-4-11(8-21)9-24-2/h6,11,18H,3-5,7-9H2,1-2H3. The first-order valence-corrected chi connectivity index (χ1v) is 9.21. The van der Waals surface area contributed by atoms with Crippen LogP contribution in [-0.2, 0) is 27.7 Å². The van der Waals surface area contributed by atoms with E-state index in [1.165, 1.54) is 11.2 Å². The molecule has 1 N–H and O–H groups in total. The third kappa shape index (κ3) is 5.59. The molecule has 2 heterocycles. The molecule has 0 aromatic carbocycles. The summed E-state index contributed by atoms with van der Waals surface area (Å²) in [6.07, 6.45) is -3.04. The molecule has 0 amide bonds. The van der Waals surface area contributed by atoms with E-state index in [2.05, 4.69) is 14.7 Å². The Bertz CT molecular complexity index is 695. The minimum absolute atomic E-state index is 0.0994. The molecule has 1 aromatic rings. The Balaban J connectivity index is 2.06. The molecule has 1 aliphatic heterocycles. The highest BCUT2D eigenvalue weighted by atomic mass is 32.2. The second kappa shape index (κ2) is 7.94. The van der Waals surface area contributed by atoms with E-state index >= 15 is 0 Å². The molecule has 11 heteroatoms. The fourth-order valence-corrected chi connectivity index (χ4v) is 3.99. The topological polar surface area (TPSA) is 84.4 Å². The number of nitrogens with zero attached hydrogens (tertiary/aromatic N) is 3. The molecule has 0 aliphatic carbocycles. The Labute approximate surface area is 144 Å². The number of rotatable bonds is 6. The van der Waals surface area contributed by atoms with Crippen molar-refractivity contribution in [3.8, 4) is 0 Å². The van der Waals surface area contributed by atoms with Crippen molar-refractivity contribution in [2.75, 3.05) is 26.8 Å². The molecule has 142 valence electrons. The van der Waals surface area contributed by atoms with E-state index in [1.54, 1.807) is 7.11 Å². The van der Waals surface area contributed by atoms with Crippen molar-refractivity contribution >= 4 is 10.2 Å². The number of ether oxygens (including phenoxy) is 1. The third-order valence-corrected chi connectivity index (χ3v) is 5.35. The van der Waals surface area contributed by atoms with Crippen molar-refractivity contribution in [1.29, 1.82) is 0 Å². The van der Waals surface area contributed by atoms with Crippen LogP contribution in [0.25, 0.3) is 0 Å². The van der Waals surface area contributed by atoms with Gasteiger partial charge in [0.05, 0.1) is 13.2 Å². The Morgan fingerprint density at radius 3 is 2.76 bits per heavy atom. The number of nitrogens with one attached hydrogen (secondary N) is 1. The number of aryl methyl sites for hydroxylation is 1. The third-order valence-electron chi connectivity index (χ3n) is 3.83. The molecule has 0 saturated carbocycles. The molecule has 1 unspecified atom stereocenters. The van der Waals surface area contributed by atoms with Crippen LogP contribution in [0.5, 0.6) is 0 Å². The summed E-state index contributed by atoms with van der Waals surface area (Å²) < 4.78 is 71.7. The monoisotopic (exact) mass is 382 g/mol. The highest BCUT2D eigenvalue weighted by Crippen LogP contribution is 2.27. The van der Waals surface area contributed by atoms with Crippen molar-refractivity contribution in [1.82, 2.24) is 19.0 Å². The number of alkyl halides is 3. The number of hydrogen-bond donors (Lipinski definition) is 1. The largest absolute Gasteiger partial charge is 0.433 e. The van der Waals surface area contributed by atoms with Crippen molar-refractivity contribution in [2.45, 2.75) is 32.5 Å². The minimum atomic E-state index is -4.61. The summed E-state index contributed by atoms with van der Waals surface area (Å²) in [6, 6.07) is 0.817. The summed E-state index contributed by atoms with van der Waals surface area (Å²) in [5.41, 5.74) is -0.970. The molecular formula is C14H21F3N4O3S. The zero-order valence-electron chi connectivity index (χ0n) is 14.0. The predicted molar refractivity (Wildman–Crippen MR) is 83.7 cm³/mol. The summed E-state index contributed by atoms with van der Waals surface area (Å²) in [5, 5.41) is 0. The highest BCUT2D eigenvalue weighted by Gasteiger charge is 2.34. The molecule has 0 radical (unpaired) electrons. The molecule has 0 spiro atoms. The van der Waals surface area contributed by atoms with Gasteiger partial charge in [-0.3, -0.25) is 0 Å². The van der Waals surface area contributed by atoms with E-state index in [-0.39, 0.29) is 17.4 Å². The maximum Gasteiger partial charge on any atom is 0.433 e. The Hall–Kier alpha value is -1.30. The van der Waals surface area contributed by atoms with Crippen LogP contribution in [0.4, 0.5) is 13.2 Å². The van der Waals surface area contributed by atoms with E-state index in [4.69, 9.17) is 4.74 Å². The maximum absolute atomic E-state index is 12.8. The van der Waals surface area contributed by atoms with Crippen LogP contribution in [0.15, 0.2) is 6.07 Å². The number of halogens is 3. The Kier molecular flexibility index (Phi) is 6.35. The van der Waals surface area contributed by atoms with E-state index < -0.39 is 28.6 Å². The first-order valence-electron chi connectivity index (χ1n) is 7.77. The molecule has 1 aromatic heterocycles. The van der Waals surface area contributed by atoms with Gasteiger partial charge in [0.25, 0.3) is 10.2 Å². The SMILES string of the molecule is COCC1CCCN(S(=O)(=O)NCc2nc(C)cc(C(F)(F)F)n2)C1. The Morgan fingerprint density at radius 1 is 1.40 bits per heavy atom. The van der Waals surface area contributed by atoms with Gasteiger partial charge in [-0.05, 0) is 31.7 Å². The van der Waals surface area contributed by atoms with Crippen LogP contribution in [0.1, 0.15) is 30.1 Å². The zero-order chi connectivity index (χ0) is 18.7. The van der Waals surface area contributed by atoms with Crippen molar-refractivity contribution < 1.29 is 26.3 Å².